The first-order chi connectivity index (χ1) is 12.0. The molecule has 0 aromatic carbocycles. The van der Waals surface area contributed by atoms with Crippen molar-refractivity contribution in [2.75, 3.05) is 0 Å². The lowest BCUT2D eigenvalue weighted by Crippen LogP contribution is -2.33. The normalized spacial score (nSPS) is 10.6. The van der Waals surface area contributed by atoms with Crippen LogP contribution in [0.5, 0.6) is 0 Å². The van der Waals surface area contributed by atoms with Crippen LogP contribution in [0.4, 0.5) is 0 Å². The highest BCUT2D eigenvalue weighted by molar-refractivity contribution is 5.75. The van der Waals surface area contributed by atoms with Crippen LogP contribution in [0.25, 0.3) is 11.5 Å². The molecule has 0 atom stereocenters. The largest absolute Gasteiger partial charge is 0.463 e. The summed E-state index contributed by atoms with van der Waals surface area (Å²) in [7, 11) is 0. The van der Waals surface area contributed by atoms with E-state index in [0.717, 1.165) is 5.56 Å². The highest BCUT2D eigenvalue weighted by Gasteiger charge is 2.09. The molecule has 128 valence electrons. The topological polar surface area (TPSA) is 90.0 Å². The lowest BCUT2D eigenvalue weighted by molar-refractivity contribution is -0.121. The summed E-state index contributed by atoms with van der Waals surface area (Å²) in [5, 5.41) is 2.80. The summed E-state index contributed by atoms with van der Waals surface area (Å²) in [5.74, 6) is 0.407. The van der Waals surface area contributed by atoms with Crippen molar-refractivity contribution in [3.63, 3.8) is 0 Å². The Labute approximate surface area is 144 Å². The second kappa shape index (κ2) is 7.12. The van der Waals surface area contributed by atoms with Crippen LogP contribution in [-0.4, -0.2) is 20.4 Å². The van der Waals surface area contributed by atoms with Gasteiger partial charge in [0.2, 0.25) is 5.91 Å². The maximum Gasteiger partial charge on any atom is 0.256 e. The Morgan fingerprint density at radius 2 is 2.12 bits per heavy atom. The third kappa shape index (κ3) is 3.82. The van der Waals surface area contributed by atoms with E-state index in [2.05, 4.69) is 15.3 Å². The maximum absolute atomic E-state index is 12.1. The van der Waals surface area contributed by atoms with Crippen molar-refractivity contribution in [1.82, 2.24) is 19.9 Å². The molecule has 7 heteroatoms. The van der Waals surface area contributed by atoms with Gasteiger partial charge in [-0.1, -0.05) is 0 Å². The van der Waals surface area contributed by atoms with Crippen molar-refractivity contribution in [2.24, 2.45) is 0 Å². The Kier molecular flexibility index (Phi) is 4.74. The molecule has 1 N–H and O–H groups in total. The number of aromatic nitrogens is 3. The minimum atomic E-state index is -0.261. The second-order valence-corrected chi connectivity index (χ2v) is 5.69. The molecule has 3 heterocycles. The van der Waals surface area contributed by atoms with Gasteiger partial charge in [-0.05, 0) is 43.7 Å². The molecular weight excluding hydrogens is 320 g/mol. The molecule has 0 aliphatic rings. The van der Waals surface area contributed by atoms with Crippen molar-refractivity contribution in [2.45, 2.75) is 26.9 Å². The van der Waals surface area contributed by atoms with Gasteiger partial charge in [0.1, 0.15) is 12.2 Å². The standard InChI is InChI=1S/C18H18N4O3/c1-12-13(2)21-11-22(18(12)24)10-17(23)20-9-14-5-6-19-15(8-14)16-4-3-7-25-16/h3-8,11H,9-10H2,1-2H3,(H,20,23). The SMILES string of the molecule is Cc1ncn(CC(=O)NCc2ccnc(-c3ccco3)c2)c(=O)c1C. The van der Waals surface area contributed by atoms with E-state index in [9.17, 15) is 9.59 Å². The Morgan fingerprint density at radius 1 is 1.28 bits per heavy atom. The molecule has 0 bridgehead atoms. The predicted molar refractivity (Wildman–Crippen MR) is 91.8 cm³/mol. The smallest absolute Gasteiger partial charge is 0.256 e. The quantitative estimate of drug-likeness (QED) is 0.766. The first kappa shape index (κ1) is 16.6. The number of furan rings is 1. The molecule has 0 aliphatic heterocycles. The van der Waals surface area contributed by atoms with Crippen molar-refractivity contribution in [3.8, 4) is 11.5 Å². The van der Waals surface area contributed by atoms with Gasteiger partial charge < -0.3 is 9.73 Å². The van der Waals surface area contributed by atoms with Crippen molar-refractivity contribution in [1.29, 1.82) is 0 Å². The summed E-state index contributed by atoms with van der Waals surface area (Å²) in [6.07, 6.45) is 4.64. The zero-order valence-electron chi connectivity index (χ0n) is 14.0. The average molecular weight is 338 g/mol. The van der Waals surface area contributed by atoms with Crippen molar-refractivity contribution >= 4 is 5.91 Å². The molecule has 3 aromatic heterocycles. The fourth-order valence-corrected chi connectivity index (χ4v) is 2.34. The van der Waals surface area contributed by atoms with E-state index in [1.807, 2.05) is 18.2 Å². The van der Waals surface area contributed by atoms with Crippen LogP contribution in [-0.2, 0) is 17.9 Å². The average Bonchev–Trinajstić information content (AvgIpc) is 3.15. The van der Waals surface area contributed by atoms with Gasteiger partial charge in [0, 0.05) is 24.0 Å². The number of carbonyl (C=O) groups excluding carboxylic acids is 1. The second-order valence-electron chi connectivity index (χ2n) is 5.69. The maximum atomic E-state index is 12.1. The van der Waals surface area contributed by atoms with Crippen LogP contribution < -0.4 is 10.9 Å². The summed E-state index contributed by atoms with van der Waals surface area (Å²) in [6, 6.07) is 7.28. The monoisotopic (exact) mass is 338 g/mol. The number of nitrogens with one attached hydrogen (secondary N) is 1. The van der Waals surface area contributed by atoms with Gasteiger partial charge in [-0.15, -0.1) is 0 Å². The number of hydrogen-bond donors (Lipinski definition) is 1. The zero-order chi connectivity index (χ0) is 17.8. The van der Waals surface area contributed by atoms with E-state index in [1.54, 1.807) is 32.4 Å². The van der Waals surface area contributed by atoms with Crippen LogP contribution in [0.2, 0.25) is 0 Å². The number of rotatable bonds is 5. The third-order valence-corrected chi connectivity index (χ3v) is 3.92. The van der Waals surface area contributed by atoms with Crippen LogP contribution in [0.3, 0.4) is 0 Å². The van der Waals surface area contributed by atoms with Crippen LogP contribution in [0.1, 0.15) is 16.8 Å². The summed E-state index contributed by atoms with van der Waals surface area (Å²) >= 11 is 0. The van der Waals surface area contributed by atoms with Gasteiger partial charge in [0.05, 0.1) is 12.6 Å². The highest BCUT2D eigenvalue weighted by atomic mass is 16.3. The van der Waals surface area contributed by atoms with Crippen LogP contribution in [0.15, 0.2) is 52.3 Å². The molecule has 3 rings (SSSR count). The number of carbonyl (C=O) groups is 1. The number of nitrogens with zero attached hydrogens (tertiary/aromatic N) is 3. The van der Waals surface area contributed by atoms with E-state index < -0.39 is 0 Å². The molecule has 7 nitrogen and oxygen atoms in total. The van der Waals surface area contributed by atoms with Gasteiger partial charge in [-0.25, -0.2) is 4.98 Å². The first-order valence-electron chi connectivity index (χ1n) is 7.83. The molecule has 0 fully saturated rings. The molecule has 0 saturated carbocycles. The highest BCUT2D eigenvalue weighted by Crippen LogP contribution is 2.17. The van der Waals surface area contributed by atoms with E-state index in [1.165, 1.54) is 10.9 Å². The molecule has 0 spiro atoms. The molecule has 0 aliphatic carbocycles. The zero-order valence-corrected chi connectivity index (χ0v) is 14.0. The van der Waals surface area contributed by atoms with Gasteiger partial charge in [0.15, 0.2) is 5.76 Å². The number of hydrogen-bond acceptors (Lipinski definition) is 5. The lowest BCUT2D eigenvalue weighted by atomic mass is 10.2. The van der Waals surface area contributed by atoms with Gasteiger partial charge in [-0.3, -0.25) is 19.1 Å². The summed E-state index contributed by atoms with van der Waals surface area (Å²) in [5.41, 5.74) is 2.61. The van der Waals surface area contributed by atoms with Crippen molar-refractivity contribution in [3.05, 3.63) is 70.2 Å². The van der Waals surface area contributed by atoms with Crippen LogP contribution in [0, 0.1) is 13.8 Å². The first-order valence-corrected chi connectivity index (χ1v) is 7.83. The van der Waals surface area contributed by atoms with E-state index in [4.69, 9.17) is 4.42 Å². The fraction of sp³-hybridized carbons (Fsp3) is 0.222. The van der Waals surface area contributed by atoms with Gasteiger partial charge in [-0.2, -0.15) is 0 Å². The number of aryl methyl sites for hydroxylation is 1. The summed E-state index contributed by atoms with van der Waals surface area (Å²) in [6.45, 7) is 3.73. The predicted octanol–water partition coefficient (Wildman–Crippen LogP) is 1.83. The summed E-state index contributed by atoms with van der Waals surface area (Å²) < 4.78 is 6.62. The Balaban J connectivity index is 1.64. The Morgan fingerprint density at radius 3 is 2.88 bits per heavy atom. The van der Waals surface area contributed by atoms with E-state index in [-0.39, 0.29) is 18.0 Å². The number of pyridine rings is 1. The Hall–Kier alpha value is -3.22. The lowest BCUT2D eigenvalue weighted by Gasteiger charge is -2.09. The summed E-state index contributed by atoms with van der Waals surface area (Å²) in [4.78, 5) is 32.6. The minimum Gasteiger partial charge on any atom is -0.463 e. The van der Waals surface area contributed by atoms with Crippen molar-refractivity contribution < 1.29 is 9.21 Å². The van der Waals surface area contributed by atoms with E-state index >= 15 is 0 Å². The van der Waals surface area contributed by atoms with Crippen LogP contribution >= 0.6 is 0 Å². The van der Waals surface area contributed by atoms with E-state index in [0.29, 0.717) is 29.3 Å². The molecule has 3 aromatic rings. The molecular formula is C18H18N4O3. The molecule has 1 amide bonds. The molecule has 0 saturated heterocycles. The van der Waals surface area contributed by atoms with Gasteiger partial charge >= 0.3 is 0 Å². The fourth-order valence-electron chi connectivity index (χ4n) is 2.34. The van der Waals surface area contributed by atoms with Gasteiger partial charge in [0.25, 0.3) is 5.56 Å². The minimum absolute atomic E-state index is 0.0664. The molecule has 0 radical (unpaired) electrons. The Bertz CT molecular complexity index is 945. The molecule has 25 heavy (non-hydrogen) atoms. The number of amides is 1. The molecule has 0 unspecified atom stereocenters. The third-order valence-electron chi connectivity index (χ3n) is 3.92.